The Hall–Kier alpha value is -2.34. The van der Waals surface area contributed by atoms with Gasteiger partial charge in [-0.1, -0.05) is 62.4 Å². The molecule has 6 heteroatoms. The van der Waals surface area contributed by atoms with Crippen molar-refractivity contribution in [3.05, 3.63) is 66.2 Å². The molecular weight excluding hydrogens is 360 g/mol. The molecule has 0 aliphatic rings. The van der Waals surface area contributed by atoms with E-state index in [1.54, 1.807) is 24.3 Å². The van der Waals surface area contributed by atoms with Crippen LogP contribution in [0.25, 0.3) is 0 Å². The molecule has 1 N–H and O–H groups in total. The minimum Gasteiger partial charge on any atom is -0.355 e. The first kappa shape index (κ1) is 21.0. The Morgan fingerprint density at radius 2 is 1.56 bits per heavy atom. The Labute approximate surface area is 162 Å². The van der Waals surface area contributed by atoms with E-state index in [1.165, 1.54) is 11.4 Å². The number of hydrogen-bond donors (Lipinski definition) is 1. The largest absolute Gasteiger partial charge is 0.355 e. The minimum absolute atomic E-state index is 0.0952. The highest BCUT2D eigenvalue weighted by Gasteiger charge is 2.21. The van der Waals surface area contributed by atoms with Crippen molar-refractivity contribution in [1.82, 2.24) is 5.32 Å². The van der Waals surface area contributed by atoms with Gasteiger partial charge in [-0.3, -0.25) is 9.10 Å². The first-order valence-corrected chi connectivity index (χ1v) is 10.8. The first-order valence-electron chi connectivity index (χ1n) is 9.14. The number of nitrogens with one attached hydrogen (secondary N) is 1. The Balaban J connectivity index is 1.89. The smallest absolute Gasteiger partial charge is 0.236 e. The predicted molar refractivity (Wildman–Crippen MR) is 110 cm³/mol. The molecule has 2 aromatic rings. The van der Waals surface area contributed by atoms with Gasteiger partial charge in [0.15, 0.2) is 0 Å². The van der Waals surface area contributed by atoms with Crippen LogP contribution in [-0.4, -0.2) is 33.7 Å². The van der Waals surface area contributed by atoms with Gasteiger partial charge in [-0.05, 0) is 29.5 Å². The molecule has 2 rings (SSSR count). The molecule has 1 unspecified atom stereocenters. The second-order valence-corrected chi connectivity index (χ2v) is 9.05. The number of amides is 1. The number of sulfonamides is 1. The van der Waals surface area contributed by atoms with Crippen LogP contribution >= 0.6 is 0 Å². The second kappa shape index (κ2) is 9.55. The van der Waals surface area contributed by atoms with Gasteiger partial charge in [0, 0.05) is 20.0 Å². The molecule has 0 bridgehead atoms. The molecule has 0 heterocycles. The molecule has 5 nitrogen and oxygen atoms in total. The molecule has 1 atom stereocenters. The van der Waals surface area contributed by atoms with Crippen LogP contribution in [0.2, 0.25) is 0 Å². The summed E-state index contributed by atoms with van der Waals surface area (Å²) in [6.45, 7) is 4.27. The summed E-state index contributed by atoms with van der Waals surface area (Å²) in [6, 6.07) is 18.8. The van der Waals surface area contributed by atoms with E-state index in [1.807, 2.05) is 36.4 Å². The van der Waals surface area contributed by atoms with Crippen molar-refractivity contribution in [2.45, 2.75) is 26.2 Å². The number of nitrogens with zero attached hydrogens (tertiary/aromatic N) is 1. The van der Waals surface area contributed by atoms with Crippen molar-refractivity contribution in [3.63, 3.8) is 0 Å². The third kappa shape index (κ3) is 6.10. The highest BCUT2D eigenvalue weighted by molar-refractivity contribution is 7.92. The van der Waals surface area contributed by atoms with Crippen molar-refractivity contribution < 1.29 is 13.2 Å². The van der Waals surface area contributed by atoms with E-state index in [4.69, 9.17) is 0 Å². The summed E-state index contributed by atoms with van der Waals surface area (Å²) in [7, 11) is -1.96. The molecular formula is C21H28N2O3S. The average molecular weight is 389 g/mol. The van der Waals surface area contributed by atoms with Gasteiger partial charge in [-0.25, -0.2) is 8.42 Å². The monoisotopic (exact) mass is 388 g/mol. The molecule has 0 saturated carbocycles. The van der Waals surface area contributed by atoms with E-state index in [-0.39, 0.29) is 24.1 Å². The zero-order valence-electron chi connectivity index (χ0n) is 16.1. The van der Waals surface area contributed by atoms with Crippen LogP contribution in [-0.2, 0) is 14.8 Å². The van der Waals surface area contributed by atoms with Gasteiger partial charge in [-0.15, -0.1) is 0 Å². The zero-order valence-corrected chi connectivity index (χ0v) is 16.9. The lowest BCUT2D eigenvalue weighted by molar-refractivity contribution is -0.121. The van der Waals surface area contributed by atoms with E-state index in [0.717, 1.165) is 5.56 Å². The fourth-order valence-electron chi connectivity index (χ4n) is 2.97. The van der Waals surface area contributed by atoms with E-state index in [9.17, 15) is 13.2 Å². The van der Waals surface area contributed by atoms with Crippen LogP contribution in [0, 0.1) is 5.92 Å². The number of carbonyl (C=O) groups is 1. The van der Waals surface area contributed by atoms with Gasteiger partial charge in [0.2, 0.25) is 15.9 Å². The third-order valence-electron chi connectivity index (χ3n) is 4.66. The summed E-state index contributed by atoms with van der Waals surface area (Å²) < 4.78 is 26.1. The highest BCUT2D eigenvalue weighted by atomic mass is 32.2. The standard InChI is InChI=1S/C21H28N2O3S/c1-17(2)20(18-10-6-4-7-11-18)16-21(24)22-14-15-27(25,26)23(3)19-12-8-5-9-13-19/h4-13,17,20H,14-16H2,1-3H3,(H,22,24). The number of benzene rings is 2. The molecule has 0 aromatic heterocycles. The molecule has 146 valence electrons. The Morgan fingerprint density at radius 1 is 1.00 bits per heavy atom. The lowest BCUT2D eigenvalue weighted by Crippen LogP contribution is -2.36. The number of carbonyl (C=O) groups excluding carboxylic acids is 1. The summed E-state index contributed by atoms with van der Waals surface area (Å²) >= 11 is 0. The van der Waals surface area contributed by atoms with Gasteiger partial charge < -0.3 is 5.32 Å². The van der Waals surface area contributed by atoms with Crippen molar-refractivity contribution in [2.75, 3.05) is 23.7 Å². The third-order valence-corrected chi connectivity index (χ3v) is 6.42. The van der Waals surface area contributed by atoms with Crippen molar-refractivity contribution >= 4 is 21.6 Å². The number of hydrogen-bond acceptors (Lipinski definition) is 3. The quantitative estimate of drug-likeness (QED) is 0.716. The molecule has 1 amide bonds. The Morgan fingerprint density at radius 3 is 2.11 bits per heavy atom. The van der Waals surface area contributed by atoms with Crippen LogP contribution in [0.5, 0.6) is 0 Å². The minimum atomic E-state index is -3.49. The first-order chi connectivity index (χ1) is 12.8. The fourth-order valence-corrected chi connectivity index (χ4v) is 4.04. The van der Waals surface area contributed by atoms with Crippen molar-refractivity contribution in [2.24, 2.45) is 5.92 Å². The lowest BCUT2D eigenvalue weighted by Gasteiger charge is -2.22. The maximum absolute atomic E-state index is 12.4. The number of anilines is 1. The van der Waals surface area contributed by atoms with Crippen molar-refractivity contribution in [1.29, 1.82) is 0 Å². The SMILES string of the molecule is CC(C)C(CC(=O)NCCS(=O)(=O)N(C)c1ccccc1)c1ccccc1. The molecule has 0 aliphatic carbocycles. The molecule has 0 spiro atoms. The van der Waals surface area contributed by atoms with E-state index >= 15 is 0 Å². The van der Waals surface area contributed by atoms with Gasteiger partial charge in [0.1, 0.15) is 0 Å². The molecule has 27 heavy (non-hydrogen) atoms. The van der Waals surface area contributed by atoms with Gasteiger partial charge in [0.05, 0.1) is 11.4 Å². The molecule has 0 aliphatic heterocycles. The van der Waals surface area contributed by atoms with Gasteiger partial charge in [-0.2, -0.15) is 0 Å². The topological polar surface area (TPSA) is 66.5 Å². The second-order valence-electron chi connectivity index (χ2n) is 6.93. The van der Waals surface area contributed by atoms with Crippen LogP contribution in [0.15, 0.2) is 60.7 Å². The number of para-hydroxylation sites is 1. The summed E-state index contributed by atoms with van der Waals surface area (Å²) in [6.07, 6.45) is 0.344. The van der Waals surface area contributed by atoms with Gasteiger partial charge >= 0.3 is 0 Å². The van der Waals surface area contributed by atoms with E-state index < -0.39 is 10.0 Å². The highest BCUT2D eigenvalue weighted by Crippen LogP contribution is 2.27. The van der Waals surface area contributed by atoms with Crippen LogP contribution in [0.1, 0.15) is 31.7 Å². The van der Waals surface area contributed by atoms with Crippen LogP contribution in [0.4, 0.5) is 5.69 Å². The zero-order chi connectivity index (χ0) is 19.9. The molecule has 2 aromatic carbocycles. The van der Waals surface area contributed by atoms with E-state index in [0.29, 0.717) is 18.0 Å². The van der Waals surface area contributed by atoms with Crippen molar-refractivity contribution in [3.8, 4) is 0 Å². The normalized spacial score (nSPS) is 12.6. The molecule has 0 saturated heterocycles. The summed E-state index contributed by atoms with van der Waals surface area (Å²) in [5, 5.41) is 2.76. The maximum atomic E-state index is 12.4. The maximum Gasteiger partial charge on any atom is 0.236 e. The van der Waals surface area contributed by atoms with E-state index in [2.05, 4.69) is 19.2 Å². The molecule has 0 radical (unpaired) electrons. The summed E-state index contributed by atoms with van der Waals surface area (Å²) in [4.78, 5) is 12.3. The van der Waals surface area contributed by atoms with Crippen LogP contribution < -0.4 is 9.62 Å². The lowest BCUT2D eigenvalue weighted by atomic mass is 9.85. The average Bonchev–Trinajstić information content (AvgIpc) is 2.66. The van der Waals surface area contributed by atoms with Gasteiger partial charge in [0.25, 0.3) is 0 Å². The number of rotatable bonds is 9. The summed E-state index contributed by atoms with van der Waals surface area (Å²) in [5.74, 6) is 0.151. The fraction of sp³-hybridized carbons (Fsp3) is 0.381. The summed E-state index contributed by atoms with van der Waals surface area (Å²) in [5.41, 5.74) is 1.73. The molecule has 0 fully saturated rings. The van der Waals surface area contributed by atoms with Crippen LogP contribution in [0.3, 0.4) is 0 Å². The Kier molecular flexibility index (Phi) is 7.42. The predicted octanol–water partition coefficient (Wildman–Crippen LogP) is 3.40. The Bertz CT molecular complexity index is 821.